The summed E-state index contributed by atoms with van der Waals surface area (Å²) in [4.78, 5) is 37.8. The number of unbranched alkanes of at least 4 members (excludes halogenated alkanes) is 19. The van der Waals surface area contributed by atoms with Gasteiger partial charge in [0.1, 0.15) is 13.2 Å². The second kappa shape index (κ2) is 47.3. The van der Waals surface area contributed by atoms with Gasteiger partial charge in [-0.3, -0.25) is 14.4 Å². The van der Waals surface area contributed by atoms with Gasteiger partial charge in [-0.2, -0.15) is 0 Å². The molecule has 0 aliphatic rings. The van der Waals surface area contributed by atoms with Gasteiger partial charge < -0.3 is 14.2 Å². The molecule has 0 saturated heterocycles. The van der Waals surface area contributed by atoms with E-state index in [-0.39, 0.29) is 37.5 Å². The quantitative estimate of drug-likeness (QED) is 0.0201. The van der Waals surface area contributed by atoms with Crippen molar-refractivity contribution in [2.75, 3.05) is 13.2 Å². The van der Waals surface area contributed by atoms with Gasteiger partial charge in [-0.1, -0.05) is 189 Å². The molecule has 0 amide bonds. The summed E-state index contributed by atoms with van der Waals surface area (Å²) >= 11 is 0. The Morgan fingerprint density at radius 3 is 1.31 bits per heavy atom. The number of rotatable bonds is 42. The summed E-state index contributed by atoms with van der Waals surface area (Å²) in [6.45, 7) is 6.37. The highest BCUT2D eigenvalue weighted by Gasteiger charge is 2.19. The third kappa shape index (κ3) is 45.5. The standard InChI is InChI=1S/C53H88O6/c1-4-7-10-13-16-19-22-24-25-26-27-29-31-34-37-40-43-46-52(55)58-49-50(48-57-51(54)45-42-39-36-33-30-21-18-15-12-9-6-3)59-53(56)47-44-41-38-35-32-28-23-20-17-14-11-8-5-2/h8,11,14-15,17-18,20,23-25,27,29,34,37,50H,4-7,9-10,12-13,16,19,21-22,26,28,30-33,35-36,38-49H2,1-3H3/b11-8-,17-14-,18-15-,23-20-,25-24-,29-27-,37-34-. The molecule has 6 nitrogen and oxygen atoms in total. The Bertz CT molecular complexity index is 1170. The average Bonchev–Trinajstić information content (AvgIpc) is 3.23. The summed E-state index contributed by atoms with van der Waals surface area (Å²) in [7, 11) is 0. The summed E-state index contributed by atoms with van der Waals surface area (Å²) in [5, 5.41) is 0. The summed E-state index contributed by atoms with van der Waals surface area (Å²) < 4.78 is 16.7. The van der Waals surface area contributed by atoms with Crippen LogP contribution in [0.2, 0.25) is 0 Å². The molecule has 0 rings (SSSR count). The number of carbonyl (C=O) groups is 3. The maximum absolute atomic E-state index is 12.7. The van der Waals surface area contributed by atoms with Gasteiger partial charge in [0.2, 0.25) is 0 Å². The smallest absolute Gasteiger partial charge is 0.306 e. The van der Waals surface area contributed by atoms with E-state index in [1.807, 2.05) is 6.08 Å². The summed E-state index contributed by atoms with van der Waals surface area (Å²) in [5.41, 5.74) is 0. The zero-order chi connectivity index (χ0) is 43.0. The fraction of sp³-hybridized carbons (Fsp3) is 0.679. The predicted molar refractivity (Wildman–Crippen MR) is 251 cm³/mol. The topological polar surface area (TPSA) is 78.9 Å². The molecule has 0 aromatic rings. The Morgan fingerprint density at radius 2 is 0.763 bits per heavy atom. The molecule has 0 aromatic heterocycles. The van der Waals surface area contributed by atoms with Crippen molar-refractivity contribution in [3.63, 3.8) is 0 Å². The average molecular weight is 821 g/mol. The van der Waals surface area contributed by atoms with Gasteiger partial charge >= 0.3 is 17.9 Å². The van der Waals surface area contributed by atoms with Crippen molar-refractivity contribution in [2.45, 2.75) is 219 Å². The lowest BCUT2D eigenvalue weighted by molar-refractivity contribution is -0.167. The first-order valence-corrected chi connectivity index (χ1v) is 24.1. The SMILES string of the molecule is CC\C=C/C=C\C=C/CCCCCCCC(=O)OC(COC(=O)CCC/C=C\C/C=C\C/C=C\CCCCCCCC)COC(=O)CCCCCCC/C=C\CCCC. The van der Waals surface area contributed by atoms with E-state index in [4.69, 9.17) is 14.2 Å². The first kappa shape index (κ1) is 55.6. The number of ether oxygens (including phenoxy) is 3. The number of allylic oxidation sites excluding steroid dienone is 14. The first-order valence-electron chi connectivity index (χ1n) is 24.1. The number of esters is 3. The van der Waals surface area contributed by atoms with E-state index in [1.54, 1.807) is 0 Å². The van der Waals surface area contributed by atoms with E-state index >= 15 is 0 Å². The van der Waals surface area contributed by atoms with Crippen molar-refractivity contribution < 1.29 is 28.6 Å². The Balaban J connectivity index is 4.49. The Hall–Kier alpha value is -3.41. The minimum Gasteiger partial charge on any atom is -0.462 e. The molecule has 0 heterocycles. The lowest BCUT2D eigenvalue weighted by Gasteiger charge is -2.18. The van der Waals surface area contributed by atoms with Crippen molar-refractivity contribution >= 4 is 17.9 Å². The molecule has 59 heavy (non-hydrogen) atoms. The minimum absolute atomic E-state index is 0.106. The van der Waals surface area contributed by atoms with E-state index in [9.17, 15) is 14.4 Å². The van der Waals surface area contributed by atoms with Crippen molar-refractivity contribution in [3.8, 4) is 0 Å². The molecule has 1 atom stereocenters. The third-order valence-electron chi connectivity index (χ3n) is 9.91. The van der Waals surface area contributed by atoms with E-state index in [0.717, 1.165) is 96.3 Å². The second-order valence-corrected chi connectivity index (χ2v) is 15.7. The molecule has 336 valence electrons. The normalized spacial score (nSPS) is 12.8. The molecule has 0 spiro atoms. The van der Waals surface area contributed by atoms with E-state index in [2.05, 4.69) is 99.8 Å². The summed E-state index contributed by atoms with van der Waals surface area (Å²) in [6, 6.07) is 0. The zero-order valence-electron chi connectivity index (χ0n) is 38.2. The first-order chi connectivity index (χ1) is 29.0. The molecule has 0 fully saturated rings. The van der Waals surface area contributed by atoms with E-state index in [0.29, 0.717) is 19.3 Å². The van der Waals surface area contributed by atoms with Crippen molar-refractivity contribution in [3.05, 3.63) is 85.1 Å². The highest BCUT2D eigenvalue weighted by atomic mass is 16.6. The van der Waals surface area contributed by atoms with Crippen LogP contribution in [0.15, 0.2) is 85.1 Å². The van der Waals surface area contributed by atoms with Gasteiger partial charge in [-0.15, -0.1) is 0 Å². The van der Waals surface area contributed by atoms with Crippen LogP contribution >= 0.6 is 0 Å². The molecule has 0 aromatic carbocycles. The van der Waals surface area contributed by atoms with Crippen LogP contribution in [0, 0.1) is 0 Å². The van der Waals surface area contributed by atoms with Gasteiger partial charge in [-0.05, 0) is 89.9 Å². The van der Waals surface area contributed by atoms with Crippen molar-refractivity contribution in [1.82, 2.24) is 0 Å². The van der Waals surface area contributed by atoms with Crippen molar-refractivity contribution in [1.29, 1.82) is 0 Å². The molecular formula is C53H88O6. The monoisotopic (exact) mass is 821 g/mol. The van der Waals surface area contributed by atoms with Gasteiger partial charge in [0.25, 0.3) is 0 Å². The second-order valence-electron chi connectivity index (χ2n) is 15.7. The zero-order valence-corrected chi connectivity index (χ0v) is 38.2. The van der Waals surface area contributed by atoms with Crippen LogP contribution in [-0.2, 0) is 28.6 Å². The highest BCUT2D eigenvalue weighted by molar-refractivity contribution is 5.71. The van der Waals surface area contributed by atoms with Crippen LogP contribution in [0.1, 0.15) is 213 Å². The molecule has 0 aliphatic heterocycles. The molecule has 0 bridgehead atoms. The van der Waals surface area contributed by atoms with E-state index < -0.39 is 6.10 Å². The Labute approximate surface area is 363 Å². The van der Waals surface area contributed by atoms with Gasteiger partial charge in [0.15, 0.2) is 6.10 Å². The third-order valence-corrected chi connectivity index (χ3v) is 9.91. The van der Waals surface area contributed by atoms with Crippen molar-refractivity contribution in [2.24, 2.45) is 0 Å². The lowest BCUT2D eigenvalue weighted by atomic mass is 10.1. The number of carbonyl (C=O) groups excluding carboxylic acids is 3. The molecule has 0 radical (unpaired) electrons. The van der Waals surface area contributed by atoms with Crippen LogP contribution in [0.25, 0.3) is 0 Å². The van der Waals surface area contributed by atoms with Gasteiger partial charge in [0.05, 0.1) is 0 Å². The molecule has 0 saturated carbocycles. The Morgan fingerprint density at radius 1 is 0.373 bits per heavy atom. The number of hydrogen-bond donors (Lipinski definition) is 0. The molecule has 6 heteroatoms. The van der Waals surface area contributed by atoms with Crippen LogP contribution in [0.4, 0.5) is 0 Å². The highest BCUT2D eigenvalue weighted by Crippen LogP contribution is 2.12. The Kier molecular flexibility index (Phi) is 44.5. The minimum atomic E-state index is -0.809. The fourth-order valence-corrected chi connectivity index (χ4v) is 6.26. The molecular weight excluding hydrogens is 733 g/mol. The lowest BCUT2D eigenvalue weighted by Crippen LogP contribution is -2.30. The summed E-state index contributed by atoms with van der Waals surface area (Å²) in [6.07, 6.45) is 60.0. The maximum atomic E-state index is 12.7. The van der Waals surface area contributed by atoms with Crippen LogP contribution < -0.4 is 0 Å². The maximum Gasteiger partial charge on any atom is 0.306 e. The van der Waals surface area contributed by atoms with Crippen LogP contribution in [0.5, 0.6) is 0 Å². The van der Waals surface area contributed by atoms with Gasteiger partial charge in [-0.25, -0.2) is 0 Å². The van der Waals surface area contributed by atoms with Gasteiger partial charge in [0, 0.05) is 19.3 Å². The molecule has 0 N–H and O–H groups in total. The predicted octanol–water partition coefficient (Wildman–Crippen LogP) is 15.6. The summed E-state index contributed by atoms with van der Waals surface area (Å²) in [5.74, 6) is -0.997. The van der Waals surface area contributed by atoms with Crippen LogP contribution in [-0.4, -0.2) is 37.2 Å². The largest absolute Gasteiger partial charge is 0.462 e. The molecule has 1 unspecified atom stereocenters. The van der Waals surface area contributed by atoms with E-state index in [1.165, 1.54) is 70.6 Å². The fourth-order valence-electron chi connectivity index (χ4n) is 6.26. The number of hydrogen-bond acceptors (Lipinski definition) is 6. The molecule has 0 aliphatic carbocycles. The van der Waals surface area contributed by atoms with Crippen LogP contribution in [0.3, 0.4) is 0 Å².